The summed E-state index contributed by atoms with van der Waals surface area (Å²) in [5, 5.41) is 20.7. The van der Waals surface area contributed by atoms with E-state index >= 15 is 0 Å². The number of carboxylic acids is 1. The normalized spacial score (nSPS) is 40.0. The summed E-state index contributed by atoms with van der Waals surface area (Å²) in [5.74, 6) is -1.02. The molecule has 4 rings (SSSR count). The lowest BCUT2D eigenvalue weighted by Gasteiger charge is -2.41. The van der Waals surface area contributed by atoms with Gasteiger partial charge in [0.1, 0.15) is 0 Å². The zero-order chi connectivity index (χ0) is 15.0. The van der Waals surface area contributed by atoms with Crippen LogP contribution in [0.3, 0.4) is 0 Å². The van der Waals surface area contributed by atoms with E-state index in [1.54, 1.807) is 0 Å². The number of benzene rings is 1. The number of hydrogen-bond donors (Lipinski definition) is 2. The molecule has 1 spiro atoms. The van der Waals surface area contributed by atoms with Gasteiger partial charge in [0.15, 0.2) is 0 Å². The van der Waals surface area contributed by atoms with Crippen LogP contribution in [0.25, 0.3) is 0 Å². The number of carbonyl (C=O) groups is 1. The molecule has 3 heteroatoms. The van der Waals surface area contributed by atoms with Gasteiger partial charge in [-0.05, 0) is 60.8 Å². The molecule has 2 fully saturated rings. The van der Waals surface area contributed by atoms with E-state index in [9.17, 15) is 15.0 Å². The summed E-state index contributed by atoms with van der Waals surface area (Å²) in [5.41, 5.74) is 2.87. The lowest BCUT2D eigenvalue weighted by Crippen LogP contribution is -2.39. The molecule has 0 amide bonds. The van der Waals surface area contributed by atoms with Crippen molar-refractivity contribution in [2.75, 3.05) is 0 Å². The van der Waals surface area contributed by atoms with Crippen molar-refractivity contribution in [3.63, 3.8) is 0 Å². The Balaban J connectivity index is 1.98. The Morgan fingerprint density at radius 3 is 2.90 bits per heavy atom. The Hall–Kier alpha value is -1.61. The first-order valence-corrected chi connectivity index (χ1v) is 7.62. The van der Waals surface area contributed by atoms with Crippen LogP contribution < -0.4 is 0 Å². The summed E-state index contributed by atoms with van der Waals surface area (Å²) in [6.07, 6.45) is 2.75. The van der Waals surface area contributed by atoms with Gasteiger partial charge in [-0.1, -0.05) is 24.8 Å². The first-order valence-electron chi connectivity index (χ1n) is 7.62. The number of aliphatic hydroxyl groups is 1. The lowest BCUT2D eigenvalue weighted by atomic mass is 9.63. The van der Waals surface area contributed by atoms with Crippen molar-refractivity contribution in [3.8, 4) is 0 Å². The van der Waals surface area contributed by atoms with E-state index in [0.29, 0.717) is 19.3 Å². The quantitative estimate of drug-likeness (QED) is 0.779. The number of hydrogen-bond acceptors (Lipinski definition) is 2. The van der Waals surface area contributed by atoms with E-state index in [4.69, 9.17) is 0 Å². The zero-order valence-electron chi connectivity index (χ0n) is 12.2. The van der Waals surface area contributed by atoms with Crippen molar-refractivity contribution < 1.29 is 15.0 Å². The largest absolute Gasteiger partial charge is 0.481 e. The van der Waals surface area contributed by atoms with Crippen LogP contribution in [0, 0.1) is 12.3 Å². The van der Waals surface area contributed by atoms with E-state index in [0.717, 1.165) is 23.1 Å². The Labute approximate surface area is 124 Å². The Morgan fingerprint density at radius 1 is 1.43 bits per heavy atom. The van der Waals surface area contributed by atoms with Crippen molar-refractivity contribution in [3.05, 3.63) is 47.0 Å². The van der Waals surface area contributed by atoms with Gasteiger partial charge in [-0.3, -0.25) is 4.79 Å². The summed E-state index contributed by atoms with van der Waals surface area (Å²) in [6, 6.07) is 6.11. The third-order valence-electron chi connectivity index (χ3n) is 6.21. The summed E-state index contributed by atoms with van der Waals surface area (Å²) in [6.45, 7) is 6.06. The number of fused-ring (bicyclic) bond motifs is 3. The van der Waals surface area contributed by atoms with Gasteiger partial charge >= 0.3 is 5.97 Å². The molecule has 0 saturated heterocycles. The fraction of sp³-hybridized carbons (Fsp3) is 0.500. The molecule has 2 bridgehead atoms. The van der Waals surface area contributed by atoms with Crippen molar-refractivity contribution in [2.24, 2.45) is 5.41 Å². The zero-order valence-corrected chi connectivity index (χ0v) is 12.2. The van der Waals surface area contributed by atoms with Crippen molar-refractivity contribution in [2.45, 2.75) is 50.0 Å². The van der Waals surface area contributed by atoms with Crippen LogP contribution in [-0.2, 0) is 4.79 Å². The molecule has 110 valence electrons. The number of carboxylic acid groups (broad SMARTS) is 1. The standard InChI is InChI=1S/C18H20O3/c1-10-4-3-5-12-13-6-7-18(21)9-17(13,8-11(18)2)15(14(10)12)16(19)20/h3-5,13,15,21H,2,6-9H2,1H3,(H,19,20)/t13-,15+,17-,18+/m0/s1. The van der Waals surface area contributed by atoms with E-state index < -0.39 is 17.5 Å². The SMILES string of the molecule is C=C1C[C@]23C[C@]1(O)CC[C@H]2c1cccc(C)c1[C@@H]3C(=O)O. The smallest absolute Gasteiger partial charge is 0.311 e. The third-order valence-corrected chi connectivity index (χ3v) is 6.21. The third kappa shape index (κ3) is 1.40. The van der Waals surface area contributed by atoms with Gasteiger partial charge in [-0.15, -0.1) is 0 Å². The molecule has 3 aliphatic rings. The van der Waals surface area contributed by atoms with Crippen molar-refractivity contribution in [1.29, 1.82) is 0 Å². The fourth-order valence-electron chi connectivity index (χ4n) is 5.40. The molecule has 1 aromatic rings. The highest BCUT2D eigenvalue weighted by atomic mass is 16.4. The van der Waals surface area contributed by atoms with E-state index in [2.05, 4.69) is 12.6 Å². The van der Waals surface area contributed by atoms with Gasteiger partial charge in [-0.2, -0.15) is 0 Å². The van der Waals surface area contributed by atoms with Gasteiger partial charge in [0.25, 0.3) is 0 Å². The van der Waals surface area contributed by atoms with Crippen molar-refractivity contribution in [1.82, 2.24) is 0 Å². The average Bonchev–Trinajstić information content (AvgIpc) is 2.79. The highest BCUT2D eigenvalue weighted by molar-refractivity contribution is 5.81. The Morgan fingerprint density at radius 2 is 2.19 bits per heavy atom. The first kappa shape index (κ1) is 13.1. The van der Waals surface area contributed by atoms with Crippen LogP contribution in [0.5, 0.6) is 0 Å². The predicted molar refractivity (Wildman–Crippen MR) is 79.3 cm³/mol. The highest BCUT2D eigenvalue weighted by Gasteiger charge is 2.66. The maximum Gasteiger partial charge on any atom is 0.311 e. The number of rotatable bonds is 1. The second-order valence-corrected chi connectivity index (χ2v) is 7.16. The Bertz CT molecular complexity index is 677. The van der Waals surface area contributed by atoms with E-state index in [-0.39, 0.29) is 11.3 Å². The monoisotopic (exact) mass is 284 g/mol. The van der Waals surface area contributed by atoms with E-state index in [1.807, 2.05) is 19.1 Å². The van der Waals surface area contributed by atoms with Crippen LogP contribution >= 0.6 is 0 Å². The molecule has 21 heavy (non-hydrogen) atoms. The maximum atomic E-state index is 12.1. The molecule has 2 saturated carbocycles. The fourth-order valence-corrected chi connectivity index (χ4v) is 5.40. The molecule has 2 N–H and O–H groups in total. The number of aryl methyl sites for hydroxylation is 1. The minimum atomic E-state index is -0.847. The average molecular weight is 284 g/mol. The van der Waals surface area contributed by atoms with Gasteiger partial charge in [-0.25, -0.2) is 0 Å². The van der Waals surface area contributed by atoms with Crippen LogP contribution in [0.1, 0.15) is 54.2 Å². The molecule has 0 unspecified atom stereocenters. The van der Waals surface area contributed by atoms with Gasteiger partial charge in [0.05, 0.1) is 11.5 Å². The molecule has 0 aliphatic heterocycles. The second-order valence-electron chi connectivity index (χ2n) is 7.16. The molecule has 3 aliphatic carbocycles. The van der Waals surface area contributed by atoms with Gasteiger partial charge in [0.2, 0.25) is 0 Å². The van der Waals surface area contributed by atoms with Crippen LogP contribution in [0.2, 0.25) is 0 Å². The molecular weight excluding hydrogens is 264 g/mol. The van der Waals surface area contributed by atoms with E-state index in [1.165, 1.54) is 5.56 Å². The topological polar surface area (TPSA) is 57.5 Å². The lowest BCUT2D eigenvalue weighted by molar-refractivity contribution is -0.143. The summed E-state index contributed by atoms with van der Waals surface area (Å²) in [4.78, 5) is 12.1. The molecule has 0 aromatic heterocycles. The summed E-state index contributed by atoms with van der Waals surface area (Å²) < 4.78 is 0. The molecule has 4 atom stereocenters. The Kier molecular flexibility index (Phi) is 2.35. The summed E-state index contributed by atoms with van der Waals surface area (Å²) in [7, 11) is 0. The minimum absolute atomic E-state index is 0.244. The summed E-state index contributed by atoms with van der Waals surface area (Å²) >= 11 is 0. The second kappa shape index (κ2) is 3.77. The molecule has 3 nitrogen and oxygen atoms in total. The maximum absolute atomic E-state index is 12.1. The van der Waals surface area contributed by atoms with Crippen LogP contribution in [-0.4, -0.2) is 21.8 Å². The molecule has 0 heterocycles. The first-order chi connectivity index (χ1) is 9.89. The molecular formula is C18H20O3. The minimum Gasteiger partial charge on any atom is -0.481 e. The van der Waals surface area contributed by atoms with Gasteiger partial charge in [0, 0.05) is 5.41 Å². The van der Waals surface area contributed by atoms with Crippen molar-refractivity contribution >= 4 is 5.97 Å². The molecule has 1 aromatic carbocycles. The predicted octanol–water partition coefficient (Wildman–Crippen LogP) is 3.12. The van der Waals surface area contributed by atoms with Crippen LogP contribution in [0.4, 0.5) is 0 Å². The van der Waals surface area contributed by atoms with Crippen LogP contribution in [0.15, 0.2) is 30.4 Å². The van der Waals surface area contributed by atoms with Gasteiger partial charge < -0.3 is 10.2 Å². The highest BCUT2D eigenvalue weighted by Crippen LogP contribution is 2.71. The molecule has 0 radical (unpaired) electrons. The number of aliphatic carboxylic acids is 1.